The van der Waals surface area contributed by atoms with E-state index in [1.807, 2.05) is 0 Å². The second-order valence-electron chi connectivity index (χ2n) is 5.96. The first-order valence-electron chi connectivity index (χ1n) is 8.09. The molecule has 0 amide bonds. The van der Waals surface area contributed by atoms with Crippen molar-refractivity contribution in [1.29, 1.82) is 0 Å². The topological polar surface area (TPSA) is 30.5 Å². The van der Waals surface area contributed by atoms with Gasteiger partial charge in [0.2, 0.25) is 0 Å². The predicted octanol–water partition coefficient (Wildman–Crippen LogP) is 3.72. The van der Waals surface area contributed by atoms with Gasteiger partial charge in [-0.1, -0.05) is 50.6 Å². The zero-order valence-electron chi connectivity index (χ0n) is 14.0. The van der Waals surface area contributed by atoms with Crippen LogP contribution in [-0.2, 0) is 9.47 Å². The molecule has 0 aliphatic heterocycles. The number of benzene rings is 1. The summed E-state index contributed by atoms with van der Waals surface area (Å²) in [5.74, 6) is 0.580. The number of aryl methyl sites for hydroxylation is 1. The van der Waals surface area contributed by atoms with E-state index in [-0.39, 0.29) is 6.04 Å². The van der Waals surface area contributed by atoms with E-state index in [9.17, 15) is 0 Å². The van der Waals surface area contributed by atoms with Gasteiger partial charge in [-0.25, -0.2) is 0 Å². The van der Waals surface area contributed by atoms with Gasteiger partial charge in [0, 0.05) is 6.61 Å². The number of rotatable bonds is 11. The molecule has 0 heterocycles. The molecule has 1 N–H and O–H groups in total. The molecular formula is C18H31NO2. The lowest BCUT2D eigenvalue weighted by atomic mass is 10.1. The molecule has 0 spiro atoms. The fourth-order valence-electron chi connectivity index (χ4n) is 2.03. The standard InChI is InChI=1S/C18H31NO2/c1-5-10-19-18(17-8-6-16(4)7-9-17)14-21-12-11-20-13-15(2)3/h6-9,15,18-19H,5,10-14H2,1-4H3. The van der Waals surface area contributed by atoms with Gasteiger partial charge in [-0.15, -0.1) is 0 Å². The van der Waals surface area contributed by atoms with E-state index < -0.39 is 0 Å². The van der Waals surface area contributed by atoms with Crippen LogP contribution >= 0.6 is 0 Å². The number of ether oxygens (including phenoxy) is 2. The third-order valence-electron chi connectivity index (χ3n) is 3.23. The lowest BCUT2D eigenvalue weighted by Gasteiger charge is -2.19. The molecule has 0 saturated carbocycles. The molecule has 1 aromatic carbocycles. The maximum atomic E-state index is 5.77. The summed E-state index contributed by atoms with van der Waals surface area (Å²) in [5.41, 5.74) is 2.58. The van der Waals surface area contributed by atoms with E-state index in [4.69, 9.17) is 9.47 Å². The Bertz CT molecular complexity index is 362. The van der Waals surface area contributed by atoms with Crippen molar-refractivity contribution >= 4 is 0 Å². The molecule has 1 unspecified atom stereocenters. The Morgan fingerprint density at radius 2 is 1.62 bits per heavy atom. The van der Waals surface area contributed by atoms with Crippen LogP contribution in [0.2, 0.25) is 0 Å². The van der Waals surface area contributed by atoms with Crippen molar-refractivity contribution < 1.29 is 9.47 Å². The van der Waals surface area contributed by atoms with E-state index in [2.05, 4.69) is 57.3 Å². The number of nitrogens with one attached hydrogen (secondary N) is 1. The summed E-state index contributed by atoms with van der Waals surface area (Å²) in [7, 11) is 0. The molecule has 1 atom stereocenters. The molecule has 0 bridgehead atoms. The minimum absolute atomic E-state index is 0.260. The summed E-state index contributed by atoms with van der Waals surface area (Å²) in [6.07, 6.45) is 1.12. The maximum absolute atomic E-state index is 5.77. The Morgan fingerprint density at radius 1 is 1.00 bits per heavy atom. The second-order valence-corrected chi connectivity index (χ2v) is 5.96. The lowest BCUT2D eigenvalue weighted by Crippen LogP contribution is -2.27. The molecule has 3 heteroatoms. The van der Waals surface area contributed by atoms with Crippen molar-refractivity contribution in [2.24, 2.45) is 5.92 Å². The first-order chi connectivity index (χ1) is 10.1. The van der Waals surface area contributed by atoms with E-state index in [0.29, 0.717) is 25.7 Å². The van der Waals surface area contributed by atoms with Crippen molar-refractivity contribution in [2.75, 3.05) is 33.0 Å². The molecule has 0 aliphatic rings. The SMILES string of the molecule is CCCNC(COCCOCC(C)C)c1ccc(C)cc1. The van der Waals surface area contributed by atoms with Gasteiger partial charge < -0.3 is 14.8 Å². The number of hydrogen-bond donors (Lipinski definition) is 1. The Labute approximate surface area is 130 Å². The normalized spacial score (nSPS) is 12.8. The maximum Gasteiger partial charge on any atom is 0.0701 e. The molecular weight excluding hydrogens is 262 g/mol. The zero-order chi connectivity index (χ0) is 15.5. The lowest BCUT2D eigenvalue weighted by molar-refractivity contribution is 0.0302. The smallest absolute Gasteiger partial charge is 0.0701 e. The Hall–Kier alpha value is -0.900. The highest BCUT2D eigenvalue weighted by molar-refractivity contribution is 5.24. The summed E-state index contributed by atoms with van der Waals surface area (Å²) in [4.78, 5) is 0. The quantitative estimate of drug-likeness (QED) is 0.631. The Morgan fingerprint density at radius 3 is 2.19 bits per heavy atom. The monoisotopic (exact) mass is 293 g/mol. The summed E-state index contributed by atoms with van der Waals surface area (Å²) in [5, 5.41) is 3.55. The highest BCUT2D eigenvalue weighted by Crippen LogP contribution is 2.14. The summed E-state index contributed by atoms with van der Waals surface area (Å²) < 4.78 is 11.3. The van der Waals surface area contributed by atoms with Crippen LogP contribution in [0, 0.1) is 12.8 Å². The number of hydrogen-bond acceptors (Lipinski definition) is 3. The summed E-state index contributed by atoms with van der Waals surface area (Å²) in [6.45, 7) is 12.4. The largest absolute Gasteiger partial charge is 0.379 e. The first kappa shape index (κ1) is 18.1. The van der Waals surface area contributed by atoms with Gasteiger partial charge in [0.05, 0.1) is 25.9 Å². The Kier molecular flexibility index (Phi) is 9.31. The third kappa shape index (κ3) is 8.20. The molecule has 21 heavy (non-hydrogen) atoms. The van der Waals surface area contributed by atoms with Gasteiger partial charge in [0.1, 0.15) is 0 Å². The second kappa shape index (κ2) is 10.8. The molecule has 0 radical (unpaired) electrons. The van der Waals surface area contributed by atoms with Crippen LogP contribution in [-0.4, -0.2) is 33.0 Å². The molecule has 3 nitrogen and oxygen atoms in total. The van der Waals surface area contributed by atoms with Gasteiger partial charge in [-0.2, -0.15) is 0 Å². The van der Waals surface area contributed by atoms with Crippen LogP contribution in [0.4, 0.5) is 0 Å². The first-order valence-corrected chi connectivity index (χ1v) is 8.09. The fraction of sp³-hybridized carbons (Fsp3) is 0.667. The Balaban J connectivity index is 2.34. The molecule has 120 valence electrons. The predicted molar refractivity (Wildman–Crippen MR) is 88.7 cm³/mol. The minimum atomic E-state index is 0.260. The van der Waals surface area contributed by atoms with Crippen molar-refractivity contribution in [3.8, 4) is 0 Å². The van der Waals surface area contributed by atoms with Gasteiger partial charge in [-0.3, -0.25) is 0 Å². The average Bonchev–Trinajstić information content (AvgIpc) is 2.46. The van der Waals surface area contributed by atoms with Crippen LogP contribution in [0.15, 0.2) is 24.3 Å². The van der Waals surface area contributed by atoms with Crippen LogP contribution in [0.5, 0.6) is 0 Å². The highest BCUT2D eigenvalue weighted by atomic mass is 16.5. The van der Waals surface area contributed by atoms with Crippen molar-refractivity contribution in [3.05, 3.63) is 35.4 Å². The van der Waals surface area contributed by atoms with Gasteiger partial charge in [-0.05, 0) is 31.4 Å². The van der Waals surface area contributed by atoms with E-state index in [0.717, 1.165) is 19.6 Å². The zero-order valence-corrected chi connectivity index (χ0v) is 14.0. The molecule has 0 fully saturated rings. The van der Waals surface area contributed by atoms with E-state index >= 15 is 0 Å². The van der Waals surface area contributed by atoms with Crippen molar-refractivity contribution in [1.82, 2.24) is 5.32 Å². The van der Waals surface area contributed by atoms with Gasteiger partial charge >= 0.3 is 0 Å². The molecule has 1 rings (SSSR count). The summed E-state index contributed by atoms with van der Waals surface area (Å²) in [6, 6.07) is 8.93. The van der Waals surface area contributed by atoms with Crippen LogP contribution < -0.4 is 5.32 Å². The van der Waals surface area contributed by atoms with Gasteiger partial charge in [0.15, 0.2) is 0 Å². The molecule has 0 aromatic heterocycles. The van der Waals surface area contributed by atoms with Crippen molar-refractivity contribution in [2.45, 2.75) is 40.2 Å². The third-order valence-corrected chi connectivity index (χ3v) is 3.23. The van der Waals surface area contributed by atoms with Crippen molar-refractivity contribution in [3.63, 3.8) is 0 Å². The summed E-state index contributed by atoms with van der Waals surface area (Å²) >= 11 is 0. The van der Waals surface area contributed by atoms with E-state index in [1.165, 1.54) is 11.1 Å². The highest BCUT2D eigenvalue weighted by Gasteiger charge is 2.10. The molecule has 0 aliphatic carbocycles. The molecule has 0 saturated heterocycles. The van der Waals surface area contributed by atoms with Crippen LogP contribution in [0.3, 0.4) is 0 Å². The van der Waals surface area contributed by atoms with Gasteiger partial charge in [0.25, 0.3) is 0 Å². The molecule has 1 aromatic rings. The van der Waals surface area contributed by atoms with Crippen LogP contribution in [0.1, 0.15) is 44.4 Å². The average molecular weight is 293 g/mol. The van der Waals surface area contributed by atoms with E-state index in [1.54, 1.807) is 0 Å². The fourth-order valence-corrected chi connectivity index (χ4v) is 2.03. The van der Waals surface area contributed by atoms with Crippen LogP contribution in [0.25, 0.3) is 0 Å². The minimum Gasteiger partial charge on any atom is -0.379 e.